The Morgan fingerprint density at radius 2 is 1.83 bits per heavy atom. The molecular weight excluding hydrogens is 616 g/mol. The van der Waals surface area contributed by atoms with Crippen molar-refractivity contribution >= 4 is 28.5 Å². The predicted molar refractivity (Wildman–Crippen MR) is 164 cm³/mol. The van der Waals surface area contributed by atoms with Gasteiger partial charge in [-0.05, 0) is 61.6 Å². The fourth-order valence-corrected chi connectivity index (χ4v) is 6.71. The number of carbonyl (C=O) groups is 1. The minimum atomic E-state index is -0.744. The summed E-state index contributed by atoms with van der Waals surface area (Å²) in [5.41, 5.74) is 4.96. The van der Waals surface area contributed by atoms with Crippen LogP contribution in [0.5, 0.6) is 0 Å². The molecule has 0 radical (unpaired) electrons. The largest absolute Gasteiger partial charge is 0.434 e. The summed E-state index contributed by atoms with van der Waals surface area (Å²) in [6.45, 7) is 0.752. The number of H-pyrrole nitrogens is 1. The van der Waals surface area contributed by atoms with Crippen LogP contribution in [0.4, 0.5) is 8.78 Å². The Morgan fingerprint density at radius 3 is 2.61 bits per heavy atom. The molecule has 1 saturated heterocycles. The maximum atomic E-state index is 14.5. The van der Waals surface area contributed by atoms with E-state index >= 15 is 0 Å². The van der Waals surface area contributed by atoms with Gasteiger partial charge in [-0.25, -0.2) is 23.7 Å². The van der Waals surface area contributed by atoms with E-state index in [9.17, 15) is 18.4 Å². The van der Waals surface area contributed by atoms with Crippen LogP contribution in [0, 0.1) is 11.6 Å². The topological polar surface area (TPSA) is 123 Å². The number of aryl methyl sites for hydroxylation is 2. The van der Waals surface area contributed by atoms with E-state index in [0.717, 1.165) is 23.8 Å². The SMILES string of the molecule is O=C1c2c(nc(CCc3ccc(F)cc3)c(-c3n[nH]c(=O)o3)c2-c2cnc3c(ccn3Cc3ncc(Cl)cc3F)c2)[C@@H]2CCCN12. The number of aromatic amines is 1. The van der Waals surface area contributed by atoms with Gasteiger partial charge in [0.25, 0.3) is 11.8 Å². The van der Waals surface area contributed by atoms with Gasteiger partial charge in [0.1, 0.15) is 17.3 Å². The molecule has 46 heavy (non-hydrogen) atoms. The lowest BCUT2D eigenvalue weighted by Gasteiger charge is -2.17. The predicted octanol–water partition coefficient (Wildman–Crippen LogP) is 5.89. The number of fused-ring (bicyclic) bond motifs is 4. The average Bonchev–Trinajstić information content (AvgIpc) is 3.84. The molecular formula is C33H24ClF2N7O3. The number of carbonyl (C=O) groups excluding carboxylic acids is 1. The van der Waals surface area contributed by atoms with E-state index in [1.807, 2.05) is 17.0 Å². The van der Waals surface area contributed by atoms with Gasteiger partial charge in [0.05, 0.1) is 45.8 Å². The molecule has 8 rings (SSSR count). The summed E-state index contributed by atoms with van der Waals surface area (Å²) in [5, 5.41) is 7.44. The second-order valence-corrected chi connectivity index (χ2v) is 11.9. The molecule has 0 saturated carbocycles. The maximum Gasteiger partial charge on any atom is 0.434 e. The molecule has 0 unspecified atom stereocenters. The first-order chi connectivity index (χ1) is 22.3. The van der Waals surface area contributed by atoms with Crippen LogP contribution in [0.25, 0.3) is 33.6 Å². The second kappa shape index (κ2) is 11.0. The molecule has 2 aliphatic heterocycles. The van der Waals surface area contributed by atoms with E-state index in [0.29, 0.717) is 58.7 Å². The van der Waals surface area contributed by atoms with E-state index in [4.69, 9.17) is 26.0 Å². The number of halogens is 3. The number of hydrogen-bond donors (Lipinski definition) is 1. The lowest BCUT2D eigenvalue weighted by atomic mass is 9.90. The molecule has 1 N–H and O–H groups in total. The van der Waals surface area contributed by atoms with E-state index in [1.54, 1.807) is 29.1 Å². The molecule has 1 aromatic carbocycles. The zero-order valence-electron chi connectivity index (χ0n) is 24.1. The smallest absolute Gasteiger partial charge is 0.388 e. The van der Waals surface area contributed by atoms with Gasteiger partial charge in [0.2, 0.25) is 0 Å². The summed E-state index contributed by atoms with van der Waals surface area (Å²) < 4.78 is 35.4. The quantitative estimate of drug-likeness (QED) is 0.231. The fourth-order valence-electron chi connectivity index (χ4n) is 6.56. The molecule has 1 fully saturated rings. The third kappa shape index (κ3) is 4.76. The number of rotatable bonds is 7. The molecule has 5 aromatic heterocycles. The molecule has 6 aromatic rings. The van der Waals surface area contributed by atoms with Crippen molar-refractivity contribution in [2.24, 2.45) is 0 Å². The zero-order valence-corrected chi connectivity index (χ0v) is 24.9. The lowest BCUT2D eigenvalue weighted by Crippen LogP contribution is -2.23. The molecule has 1 amide bonds. The van der Waals surface area contributed by atoms with Crippen LogP contribution < -0.4 is 5.76 Å². The molecule has 0 spiro atoms. The number of pyridine rings is 3. The minimum Gasteiger partial charge on any atom is -0.388 e. The van der Waals surface area contributed by atoms with Crippen LogP contribution in [0.1, 0.15) is 51.9 Å². The van der Waals surface area contributed by atoms with Crippen LogP contribution >= 0.6 is 11.6 Å². The first-order valence-corrected chi connectivity index (χ1v) is 15.1. The highest BCUT2D eigenvalue weighted by Crippen LogP contribution is 2.47. The monoisotopic (exact) mass is 639 g/mol. The lowest BCUT2D eigenvalue weighted by molar-refractivity contribution is 0.0776. The molecule has 13 heteroatoms. The Kier molecular flexibility index (Phi) is 6.75. The third-order valence-corrected chi connectivity index (χ3v) is 8.86. The van der Waals surface area contributed by atoms with Crippen molar-refractivity contribution in [3.05, 3.63) is 116 Å². The summed E-state index contributed by atoms with van der Waals surface area (Å²) >= 11 is 5.88. The Bertz CT molecular complexity index is 2230. The Morgan fingerprint density at radius 1 is 0.978 bits per heavy atom. The second-order valence-electron chi connectivity index (χ2n) is 11.4. The molecule has 10 nitrogen and oxygen atoms in total. The van der Waals surface area contributed by atoms with Gasteiger partial charge in [-0.2, -0.15) is 0 Å². The first kappa shape index (κ1) is 28.3. The van der Waals surface area contributed by atoms with Gasteiger partial charge in [-0.3, -0.25) is 14.8 Å². The summed E-state index contributed by atoms with van der Waals surface area (Å²) in [4.78, 5) is 41.9. The van der Waals surface area contributed by atoms with E-state index in [1.165, 1.54) is 24.4 Å². The summed E-state index contributed by atoms with van der Waals surface area (Å²) in [7, 11) is 0. The van der Waals surface area contributed by atoms with E-state index in [-0.39, 0.29) is 40.9 Å². The van der Waals surface area contributed by atoms with Crippen molar-refractivity contribution in [3.63, 3.8) is 0 Å². The fraction of sp³-hybridized carbons (Fsp3) is 0.212. The summed E-state index contributed by atoms with van der Waals surface area (Å²) in [5.74, 6) is -1.73. The van der Waals surface area contributed by atoms with Crippen molar-refractivity contribution in [2.75, 3.05) is 6.54 Å². The van der Waals surface area contributed by atoms with Gasteiger partial charge in [0, 0.05) is 41.6 Å². The van der Waals surface area contributed by atoms with Crippen molar-refractivity contribution in [1.29, 1.82) is 0 Å². The number of aromatic nitrogens is 6. The standard InChI is InChI=1S/C33H24ClF2N7O3/c34-20-13-22(36)24(37-15-20)16-42-11-9-18-12-19(14-38-30(18)42)26-27(31-40-41-33(45)46-31)23(8-5-17-3-6-21(35)7-4-17)39-29-25-2-1-10-43(25)32(44)28(26)29/h3-4,6-7,9,11-15,25H,1-2,5,8,10,16H2,(H,41,45)/t25-/m0/s1. The van der Waals surface area contributed by atoms with Gasteiger partial charge in [0.15, 0.2) is 0 Å². The molecule has 0 bridgehead atoms. The zero-order chi connectivity index (χ0) is 31.5. The molecule has 1 atom stereocenters. The normalized spacial score (nSPS) is 15.6. The Hall–Kier alpha value is -5.23. The minimum absolute atomic E-state index is 0.00576. The number of benzene rings is 1. The average molecular weight is 640 g/mol. The highest BCUT2D eigenvalue weighted by Gasteiger charge is 2.44. The van der Waals surface area contributed by atoms with Crippen molar-refractivity contribution in [3.8, 4) is 22.6 Å². The number of amides is 1. The van der Waals surface area contributed by atoms with Crippen LogP contribution in [0.3, 0.4) is 0 Å². The third-order valence-electron chi connectivity index (χ3n) is 8.65. The molecule has 0 aliphatic carbocycles. The maximum absolute atomic E-state index is 14.5. The molecule has 2 aliphatic rings. The highest BCUT2D eigenvalue weighted by atomic mass is 35.5. The van der Waals surface area contributed by atoms with Crippen LogP contribution in [-0.4, -0.2) is 47.1 Å². The number of nitrogens with zero attached hydrogens (tertiary/aromatic N) is 6. The van der Waals surface area contributed by atoms with Crippen molar-refractivity contribution in [1.82, 2.24) is 34.6 Å². The van der Waals surface area contributed by atoms with Crippen molar-refractivity contribution in [2.45, 2.75) is 38.3 Å². The van der Waals surface area contributed by atoms with Crippen molar-refractivity contribution < 1.29 is 18.0 Å². The van der Waals surface area contributed by atoms with Crippen LogP contribution in [0.15, 0.2) is 70.3 Å². The molecule has 7 heterocycles. The van der Waals surface area contributed by atoms with E-state index < -0.39 is 11.6 Å². The summed E-state index contributed by atoms with van der Waals surface area (Å²) in [6.07, 6.45) is 7.42. The molecule has 230 valence electrons. The van der Waals surface area contributed by atoms with Gasteiger partial charge in [-0.1, -0.05) is 23.7 Å². The first-order valence-electron chi connectivity index (χ1n) is 14.8. The van der Waals surface area contributed by atoms with Gasteiger partial charge in [-0.15, -0.1) is 5.10 Å². The van der Waals surface area contributed by atoms with Crippen LogP contribution in [0.2, 0.25) is 5.02 Å². The Labute approximate surface area is 264 Å². The highest BCUT2D eigenvalue weighted by molar-refractivity contribution is 6.30. The Balaban J connectivity index is 1.29. The number of nitrogens with one attached hydrogen (secondary N) is 1. The van der Waals surface area contributed by atoms with Gasteiger partial charge >= 0.3 is 5.76 Å². The summed E-state index contributed by atoms with van der Waals surface area (Å²) in [6, 6.07) is 11.1. The van der Waals surface area contributed by atoms with E-state index in [2.05, 4.69) is 15.2 Å². The van der Waals surface area contributed by atoms with Crippen LogP contribution in [-0.2, 0) is 19.4 Å². The van der Waals surface area contributed by atoms with Gasteiger partial charge < -0.3 is 13.9 Å². The number of hydrogen-bond acceptors (Lipinski definition) is 7.